The minimum absolute atomic E-state index is 0.248. The second-order valence-corrected chi connectivity index (χ2v) is 7.11. The van der Waals surface area contributed by atoms with Crippen LogP contribution in [0, 0.1) is 0 Å². The van der Waals surface area contributed by atoms with Crippen LogP contribution >= 0.6 is 11.3 Å². The van der Waals surface area contributed by atoms with E-state index in [1.807, 2.05) is 30.7 Å². The SMILES string of the molecule is CN1CC(c2cnc3c(Nc4ccc5sccc5c4)nccn23)C=N1. The Morgan fingerprint density at radius 3 is 3.08 bits per heavy atom. The second-order valence-electron chi connectivity index (χ2n) is 6.16. The summed E-state index contributed by atoms with van der Waals surface area (Å²) in [6.07, 6.45) is 7.65. The van der Waals surface area contributed by atoms with E-state index in [0.29, 0.717) is 0 Å². The predicted molar refractivity (Wildman–Crippen MR) is 102 cm³/mol. The first-order chi connectivity index (χ1) is 12.3. The van der Waals surface area contributed by atoms with Crippen molar-refractivity contribution in [1.29, 1.82) is 0 Å². The summed E-state index contributed by atoms with van der Waals surface area (Å²) in [6.45, 7) is 0.869. The summed E-state index contributed by atoms with van der Waals surface area (Å²) >= 11 is 1.75. The Labute approximate surface area is 148 Å². The number of benzene rings is 1. The highest BCUT2D eigenvalue weighted by atomic mass is 32.1. The number of anilines is 2. The molecular formula is C18H16N6S. The van der Waals surface area contributed by atoms with Crippen molar-refractivity contribution in [3.8, 4) is 0 Å². The Bertz CT molecular complexity index is 1100. The van der Waals surface area contributed by atoms with Crippen molar-refractivity contribution in [2.24, 2.45) is 5.10 Å². The Morgan fingerprint density at radius 2 is 2.20 bits per heavy atom. The molecule has 1 aliphatic heterocycles. The first-order valence-electron chi connectivity index (χ1n) is 8.09. The fraction of sp³-hybridized carbons (Fsp3) is 0.167. The molecule has 0 saturated heterocycles. The third-order valence-corrected chi connectivity index (χ3v) is 5.35. The molecule has 0 amide bonds. The van der Waals surface area contributed by atoms with Crippen LogP contribution in [0.2, 0.25) is 0 Å². The van der Waals surface area contributed by atoms with E-state index < -0.39 is 0 Å². The number of hydrogen-bond donors (Lipinski definition) is 1. The van der Waals surface area contributed by atoms with Crippen LogP contribution in [0.3, 0.4) is 0 Å². The molecule has 4 heterocycles. The fourth-order valence-corrected chi connectivity index (χ4v) is 4.00. The number of thiophene rings is 1. The largest absolute Gasteiger partial charge is 0.337 e. The van der Waals surface area contributed by atoms with Gasteiger partial charge in [-0.05, 0) is 35.0 Å². The monoisotopic (exact) mass is 348 g/mol. The summed E-state index contributed by atoms with van der Waals surface area (Å²) in [7, 11) is 1.98. The average Bonchev–Trinajstić information content (AvgIpc) is 3.33. The summed E-state index contributed by atoms with van der Waals surface area (Å²) in [4.78, 5) is 9.09. The first-order valence-corrected chi connectivity index (χ1v) is 8.97. The molecular weight excluding hydrogens is 332 g/mol. The van der Waals surface area contributed by atoms with Crippen molar-refractivity contribution in [3.05, 3.63) is 53.9 Å². The zero-order valence-corrected chi connectivity index (χ0v) is 14.4. The van der Waals surface area contributed by atoms with Crippen molar-refractivity contribution in [2.45, 2.75) is 5.92 Å². The summed E-state index contributed by atoms with van der Waals surface area (Å²) < 4.78 is 3.37. The normalized spacial score (nSPS) is 17.0. The molecule has 1 unspecified atom stereocenters. The smallest absolute Gasteiger partial charge is 0.180 e. The van der Waals surface area contributed by atoms with Gasteiger partial charge in [0.15, 0.2) is 11.5 Å². The van der Waals surface area contributed by atoms with Gasteiger partial charge in [-0.1, -0.05) is 0 Å². The molecule has 1 atom stereocenters. The highest BCUT2D eigenvalue weighted by Gasteiger charge is 2.21. The molecule has 7 heteroatoms. The number of aromatic nitrogens is 3. The average molecular weight is 348 g/mol. The summed E-state index contributed by atoms with van der Waals surface area (Å²) in [5.74, 6) is 1.00. The minimum Gasteiger partial charge on any atom is -0.337 e. The van der Waals surface area contributed by atoms with E-state index in [1.54, 1.807) is 17.5 Å². The van der Waals surface area contributed by atoms with Gasteiger partial charge in [-0.2, -0.15) is 5.10 Å². The number of hydrogen-bond acceptors (Lipinski definition) is 6. The topological polar surface area (TPSA) is 57.8 Å². The van der Waals surface area contributed by atoms with Crippen LogP contribution in [0.1, 0.15) is 11.6 Å². The molecule has 5 rings (SSSR count). The molecule has 0 radical (unpaired) electrons. The maximum Gasteiger partial charge on any atom is 0.180 e. The molecule has 0 bridgehead atoms. The molecule has 0 saturated carbocycles. The Kier molecular flexibility index (Phi) is 3.21. The van der Waals surface area contributed by atoms with Gasteiger partial charge in [0, 0.05) is 42.6 Å². The number of likely N-dealkylation sites (N-methyl/N-ethyl adjacent to an activating group) is 1. The predicted octanol–water partition coefficient (Wildman–Crippen LogP) is 3.70. The molecule has 1 N–H and O–H groups in total. The van der Waals surface area contributed by atoms with E-state index in [0.717, 1.165) is 29.4 Å². The summed E-state index contributed by atoms with van der Waals surface area (Å²) in [6, 6.07) is 8.47. The van der Waals surface area contributed by atoms with E-state index in [9.17, 15) is 0 Å². The molecule has 0 spiro atoms. The number of imidazole rings is 1. The van der Waals surface area contributed by atoms with Gasteiger partial charge in [-0.15, -0.1) is 11.3 Å². The molecule has 1 aliphatic rings. The first kappa shape index (κ1) is 14.4. The minimum atomic E-state index is 0.248. The molecule has 124 valence electrons. The number of fused-ring (bicyclic) bond motifs is 2. The van der Waals surface area contributed by atoms with Gasteiger partial charge in [0.1, 0.15) is 0 Å². The third kappa shape index (κ3) is 2.44. The van der Waals surface area contributed by atoms with E-state index in [4.69, 9.17) is 0 Å². The van der Waals surface area contributed by atoms with E-state index in [-0.39, 0.29) is 5.92 Å². The van der Waals surface area contributed by atoms with Gasteiger partial charge in [-0.25, -0.2) is 9.97 Å². The van der Waals surface area contributed by atoms with Crippen molar-refractivity contribution in [2.75, 3.05) is 18.9 Å². The van der Waals surface area contributed by atoms with Crippen LogP contribution in [0.5, 0.6) is 0 Å². The van der Waals surface area contributed by atoms with Crippen molar-refractivity contribution >= 4 is 44.8 Å². The zero-order valence-electron chi connectivity index (χ0n) is 13.6. The lowest BCUT2D eigenvalue weighted by molar-refractivity contribution is 0.380. The molecule has 0 fully saturated rings. The van der Waals surface area contributed by atoms with Crippen LogP contribution in [-0.4, -0.2) is 39.2 Å². The van der Waals surface area contributed by atoms with Gasteiger partial charge in [0.05, 0.1) is 17.8 Å². The number of hydrazone groups is 1. The van der Waals surface area contributed by atoms with E-state index >= 15 is 0 Å². The molecule has 6 nitrogen and oxygen atoms in total. The van der Waals surface area contributed by atoms with Gasteiger partial charge >= 0.3 is 0 Å². The molecule has 0 aliphatic carbocycles. The standard InChI is InChI=1S/C18H16N6S/c1-23-11-13(9-21-23)15-10-20-18-17(19-5-6-24(15)18)22-14-2-3-16-12(8-14)4-7-25-16/h2-10,13H,11H2,1H3,(H,19,22). The summed E-state index contributed by atoms with van der Waals surface area (Å²) in [5, 5.41) is 13.0. The lowest BCUT2D eigenvalue weighted by Gasteiger charge is -2.11. The highest BCUT2D eigenvalue weighted by Crippen LogP contribution is 2.28. The maximum absolute atomic E-state index is 4.60. The van der Waals surface area contributed by atoms with Crippen molar-refractivity contribution in [3.63, 3.8) is 0 Å². The van der Waals surface area contributed by atoms with Crippen LogP contribution < -0.4 is 5.32 Å². The van der Waals surface area contributed by atoms with Crippen LogP contribution in [-0.2, 0) is 0 Å². The maximum atomic E-state index is 4.60. The zero-order chi connectivity index (χ0) is 16.8. The Balaban J connectivity index is 1.53. The Morgan fingerprint density at radius 1 is 1.24 bits per heavy atom. The molecule has 4 aromatic rings. The third-order valence-electron chi connectivity index (χ3n) is 4.46. The van der Waals surface area contributed by atoms with Gasteiger partial charge in [0.25, 0.3) is 0 Å². The van der Waals surface area contributed by atoms with Crippen LogP contribution in [0.15, 0.2) is 53.3 Å². The van der Waals surface area contributed by atoms with Crippen LogP contribution in [0.25, 0.3) is 15.7 Å². The number of rotatable bonds is 3. The van der Waals surface area contributed by atoms with Crippen molar-refractivity contribution in [1.82, 2.24) is 19.4 Å². The van der Waals surface area contributed by atoms with E-state index in [2.05, 4.69) is 54.4 Å². The second kappa shape index (κ2) is 5.56. The lowest BCUT2D eigenvalue weighted by Crippen LogP contribution is -2.13. The highest BCUT2D eigenvalue weighted by molar-refractivity contribution is 7.17. The Hall–Kier alpha value is -2.93. The van der Waals surface area contributed by atoms with Gasteiger partial charge < -0.3 is 5.32 Å². The van der Waals surface area contributed by atoms with Gasteiger partial charge in [0.2, 0.25) is 0 Å². The molecule has 1 aromatic carbocycles. The molecule has 25 heavy (non-hydrogen) atoms. The number of nitrogens with one attached hydrogen (secondary N) is 1. The lowest BCUT2D eigenvalue weighted by atomic mass is 10.1. The van der Waals surface area contributed by atoms with E-state index in [1.165, 1.54) is 10.1 Å². The quantitative estimate of drug-likeness (QED) is 0.613. The molecule has 3 aromatic heterocycles. The summed E-state index contributed by atoms with van der Waals surface area (Å²) in [5.41, 5.74) is 2.96. The van der Waals surface area contributed by atoms with Crippen molar-refractivity contribution < 1.29 is 0 Å². The number of nitrogens with zero attached hydrogens (tertiary/aromatic N) is 5. The fourth-order valence-electron chi connectivity index (χ4n) is 3.22. The van der Waals surface area contributed by atoms with Crippen LogP contribution in [0.4, 0.5) is 11.5 Å². The van der Waals surface area contributed by atoms with Gasteiger partial charge in [-0.3, -0.25) is 9.41 Å².